The van der Waals surface area contributed by atoms with Crippen molar-refractivity contribution in [3.63, 3.8) is 0 Å². The van der Waals surface area contributed by atoms with Crippen LogP contribution in [0.2, 0.25) is 0 Å². The number of unbranched alkanes of at least 4 members (excludes halogenated alkanes) is 5. The van der Waals surface area contributed by atoms with E-state index in [0.29, 0.717) is 54.0 Å². The molecule has 1 aliphatic carbocycles. The summed E-state index contributed by atoms with van der Waals surface area (Å²) in [5.74, 6) is -0.231. The van der Waals surface area contributed by atoms with Gasteiger partial charge in [-0.15, -0.1) is 0 Å². The number of amides is 7. The number of benzene rings is 4. The van der Waals surface area contributed by atoms with E-state index in [9.17, 15) is 38.0 Å². The van der Waals surface area contributed by atoms with Crippen molar-refractivity contribution in [2.24, 2.45) is 0 Å². The van der Waals surface area contributed by atoms with Crippen LogP contribution >= 0.6 is 0 Å². The van der Waals surface area contributed by atoms with Crippen molar-refractivity contribution in [3.8, 4) is 6.07 Å². The number of nitrogens with zero attached hydrogens (tertiary/aromatic N) is 4. The van der Waals surface area contributed by atoms with Crippen molar-refractivity contribution in [3.05, 3.63) is 166 Å². The van der Waals surface area contributed by atoms with E-state index >= 15 is 0 Å². The molecule has 0 aliphatic heterocycles. The zero-order valence-electron chi connectivity index (χ0n) is 52.2. The van der Waals surface area contributed by atoms with Gasteiger partial charge in [0.1, 0.15) is 6.67 Å². The Hall–Kier alpha value is -8.53. The van der Waals surface area contributed by atoms with Crippen LogP contribution in [-0.2, 0) is 14.4 Å². The van der Waals surface area contributed by atoms with Crippen LogP contribution in [0.15, 0.2) is 121 Å². The van der Waals surface area contributed by atoms with E-state index in [1.54, 1.807) is 113 Å². The molecule has 0 aromatic heterocycles. The molecule has 17 nitrogen and oxygen atoms in total. The Morgan fingerprint density at radius 1 is 0.529 bits per heavy atom. The maximum absolute atomic E-state index is 12.0. The molecule has 0 heterocycles. The fraction of sp³-hybridized carbons (Fsp3) is 0.420. The van der Waals surface area contributed by atoms with Gasteiger partial charge in [0, 0.05) is 115 Å². The second kappa shape index (κ2) is 44.0. The lowest BCUT2D eigenvalue weighted by atomic mass is 10.1. The molecule has 2 atom stereocenters. The van der Waals surface area contributed by atoms with Gasteiger partial charge in [-0.25, -0.2) is 4.39 Å². The number of nitriles is 1. The van der Waals surface area contributed by atoms with Gasteiger partial charge >= 0.3 is 0 Å². The highest BCUT2D eigenvalue weighted by molar-refractivity contribution is 5.96. The first-order valence-corrected chi connectivity index (χ1v) is 29.7. The zero-order chi connectivity index (χ0) is 64.4. The molecule has 0 bridgehead atoms. The van der Waals surface area contributed by atoms with Crippen molar-refractivity contribution < 1.29 is 48.2 Å². The average molecular weight is 1200 g/mol. The van der Waals surface area contributed by atoms with E-state index in [1.165, 1.54) is 0 Å². The maximum atomic E-state index is 12.0. The number of hydrogen-bond donors (Lipinski definition) is 6. The number of alkyl halides is 1. The highest BCUT2D eigenvalue weighted by Crippen LogP contribution is 2.20. The molecule has 18 heteroatoms. The summed E-state index contributed by atoms with van der Waals surface area (Å²) in [7, 11) is 10.6. The summed E-state index contributed by atoms with van der Waals surface area (Å²) in [6.07, 6.45) is 26.9. The van der Waals surface area contributed by atoms with E-state index in [1.807, 2.05) is 97.1 Å². The predicted molar refractivity (Wildman–Crippen MR) is 346 cm³/mol. The van der Waals surface area contributed by atoms with E-state index in [-0.39, 0.29) is 73.2 Å². The smallest absolute Gasteiger partial charge is 0.251 e. The fourth-order valence-corrected chi connectivity index (χ4v) is 7.56. The Morgan fingerprint density at radius 3 is 1.15 bits per heavy atom. The third kappa shape index (κ3) is 34.3. The lowest BCUT2D eigenvalue weighted by Gasteiger charge is -2.10. The summed E-state index contributed by atoms with van der Waals surface area (Å²) >= 11 is 0. The number of carbonyl (C=O) groups is 7. The molecule has 1 saturated carbocycles. The van der Waals surface area contributed by atoms with Crippen molar-refractivity contribution >= 4 is 65.7 Å². The first kappa shape index (κ1) is 74.6. The summed E-state index contributed by atoms with van der Waals surface area (Å²) in [6, 6.07) is 31.3. The van der Waals surface area contributed by atoms with Crippen LogP contribution < -0.4 is 21.3 Å². The monoisotopic (exact) mass is 1200 g/mol. The molecule has 0 spiro atoms. The lowest BCUT2D eigenvalue weighted by molar-refractivity contribution is -0.129. The quantitative estimate of drug-likeness (QED) is 0.0270. The largest absolute Gasteiger partial charge is 0.394 e. The second-order valence-electron chi connectivity index (χ2n) is 21.5. The van der Waals surface area contributed by atoms with Gasteiger partial charge in [0.2, 0.25) is 17.7 Å². The fourth-order valence-electron chi connectivity index (χ4n) is 7.56. The first-order chi connectivity index (χ1) is 41.7. The topological polar surface area (TPSA) is 242 Å². The van der Waals surface area contributed by atoms with E-state index in [0.717, 1.165) is 86.5 Å². The van der Waals surface area contributed by atoms with Gasteiger partial charge in [-0.1, -0.05) is 97.1 Å². The molecular formula is C69H93FN8O9. The Labute approximate surface area is 515 Å². The van der Waals surface area contributed by atoms with Gasteiger partial charge in [0.15, 0.2) is 0 Å². The van der Waals surface area contributed by atoms with Gasteiger partial charge in [-0.2, -0.15) is 5.26 Å². The lowest BCUT2D eigenvalue weighted by Crippen LogP contribution is -2.34. The second-order valence-corrected chi connectivity index (χ2v) is 21.5. The normalized spacial score (nSPS) is 12.3. The molecule has 6 N–H and O–H groups in total. The van der Waals surface area contributed by atoms with Gasteiger partial charge in [-0.3, -0.25) is 33.6 Å². The Balaban J connectivity index is 0.000000396. The molecule has 1 fully saturated rings. The van der Waals surface area contributed by atoms with Crippen LogP contribution in [0.5, 0.6) is 0 Å². The van der Waals surface area contributed by atoms with Gasteiger partial charge < -0.3 is 46.2 Å². The SMILES string of the molecule is CC(CO)NC(=O)c1cccc(/C=C\CCCC#N)c1.CC(CO)NC(=O)c1cccc(/C=C\CCCC(=O)N(C)C)c1.CN(C)C(=O)CCC/C=C\c1cccc(C(=O)NC2CC2)c1.CN(C)C(=O)CCC/C=C\c1cccc(C(=O)NCCF)c1. The molecule has 2 unspecified atom stereocenters. The van der Waals surface area contributed by atoms with E-state index < -0.39 is 6.67 Å². The van der Waals surface area contributed by atoms with Crippen molar-refractivity contribution in [2.45, 2.75) is 122 Å². The third-order valence-corrected chi connectivity index (χ3v) is 12.9. The van der Waals surface area contributed by atoms with Crippen LogP contribution in [0.3, 0.4) is 0 Å². The number of aliphatic hydroxyl groups is 2. The predicted octanol–water partition coefficient (Wildman–Crippen LogP) is 10.1. The van der Waals surface area contributed by atoms with Crippen LogP contribution in [0.25, 0.3) is 24.3 Å². The molecule has 87 heavy (non-hydrogen) atoms. The van der Waals surface area contributed by atoms with Crippen LogP contribution in [0, 0.1) is 11.3 Å². The zero-order valence-corrected chi connectivity index (χ0v) is 52.2. The molecule has 0 radical (unpaired) electrons. The van der Waals surface area contributed by atoms with Crippen molar-refractivity contribution in [1.29, 1.82) is 5.26 Å². The number of allylic oxidation sites excluding steroid dienone is 4. The van der Waals surface area contributed by atoms with Gasteiger partial charge in [0.05, 0.1) is 19.3 Å². The molecule has 4 aromatic rings. The summed E-state index contributed by atoms with van der Waals surface area (Å²) in [5.41, 5.74) is 6.17. The summed E-state index contributed by atoms with van der Waals surface area (Å²) < 4.78 is 12.0. The number of aliphatic hydroxyl groups excluding tert-OH is 2. The number of rotatable bonds is 30. The summed E-state index contributed by atoms with van der Waals surface area (Å²) in [5, 5.41) is 37.2. The highest BCUT2D eigenvalue weighted by Gasteiger charge is 2.23. The molecule has 470 valence electrons. The molecule has 1 aliphatic rings. The minimum absolute atomic E-state index is 0.00864. The molecule has 0 saturated heterocycles. The summed E-state index contributed by atoms with van der Waals surface area (Å²) in [6.45, 7) is 2.78. The number of halogens is 1. The highest BCUT2D eigenvalue weighted by atomic mass is 19.1. The molecule has 5 rings (SSSR count). The number of hydrogen-bond acceptors (Lipinski definition) is 10. The first-order valence-electron chi connectivity index (χ1n) is 29.7. The molecule has 7 amide bonds. The Kier molecular flexibility index (Phi) is 37.7. The third-order valence-electron chi connectivity index (χ3n) is 12.9. The minimum Gasteiger partial charge on any atom is -0.394 e. The maximum Gasteiger partial charge on any atom is 0.251 e. The van der Waals surface area contributed by atoms with Gasteiger partial charge in [-0.05, 0) is 149 Å². The molecule has 4 aromatic carbocycles. The van der Waals surface area contributed by atoms with Gasteiger partial charge in [0.25, 0.3) is 23.6 Å². The minimum atomic E-state index is -0.572. The van der Waals surface area contributed by atoms with Crippen LogP contribution in [0.4, 0.5) is 4.39 Å². The van der Waals surface area contributed by atoms with Crippen LogP contribution in [0.1, 0.15) is 167 Å². The number of nitrogens with one attached hydrogen (secondary N) is 4. The van der Waals surface area contributed by atoms with Crippen molar-refractivity contribution in [1.82, 2.24) is 36.0 Å². The molecular weight excluding hydrogens is 1100 g/mol. The van der Waals surface area contributed by atoms with E-state index in [4.69, 9.17) is 15.5 Å². The Morgan fingerprint density at radius 2 is 0.851 bits per heavy atom. The standard InChI is InChI=1S/C18H26N2O3.C18H24N2O2.C17H23FN2O2.C16H20N2O2/c1-14(13-21)19-18(23)16-10-7-9-15(12-16)8-5-4-6-11-17(22)20(2)3;1-20(2)17(21)10-5-3-4-7-14-8-6-9-15(13-14)18(22)19-16-11-12-16;1-20(2)16(21)10-5-3-4-7-14-8-6-9-15(13-14)17(22)19-12-11-18;1-13(12-19)18-16(20)15-9-6-8-14(11-15)7-4-2-3-5-10-17/h5,7-10,12,14,21H,4,6,11,13H2,1-3H3,(H,19,23);4,6-9,13,16H,3,5,10-12H2,1-2H3,(H,19,22);4,6-9,13H,3,5,10-12H2,1-2H3,(H,19,22);4,6-9,11,13,19H,2-3,5,12H2,1H3,(H,18,20)/b8-5-;3*7-4-. The average Bonchev–Trinajstić information content (AvgIpc) is 4.47. The van der Waals surface area contributed by atoms with Crippen molar-refractivity contribution in [2.75, 3.05) is 68.7 Å². The van der Waals surface area contributed by atoms with Crippen LogP contribution in [-0.4, -0.2) is 153 Å². The summed E-state index contributed by atoms with van der Waals surface area (Å²) in [4.78, 5) is 86.7. The Bertz CT molecular complexity index is 2930. The number of carbonyl (C=O) groups excluding carboxylic acids is 7. The van der Waals surface area contributed by atoms with E-state index in [2.05, 4.69) is 33.4 Å².